The lowest BCUT2D eigenvalue weighted by Crippen LogP contribution is -2.41. The Labute approximate surface area is 130 Å². The first-order valence-electron chi connectivity index (χ1n) is 7.12. The Hall–Kier alpha value is -2.34. The zero-order valence-electron chi connectivity index (χ0n) is 13.4. The van der Waals surface area contributed by atoms with Gasteiger partial charge in [0.15, 0.2) is 5.82 Å². The van der Waals surface area contributed by atoms with Gasteiger partial charge in [-0.15, -0.1) is 5.10 Å². The van der Waals surface area contributed by atoms with Crippen molar-refractivity contribution in [3.8, 4) is 5.69 Å². The van der Waals surface area contributed by atoms with Crippen LogP contribution in [0.15, 0.2) is 36.5 Å². The lowest BCUT2D eigenvalue weighted by atomic mass is 10.1. The number of hydrogen-bond donors (Lipinski definition) is 2. The fourth-order valence-corrected chi connectivity index (χ4v) is 2.15. The molecular weight excluding hydrogens is 280 g/mol. The number of anilines is 1. The van der Waals surface area contributed by atoms with E-state index in [-0.39, 0.29) is 12.6 Å². The summed E-state index contributed by atoms with van der Waals surface area (Å²) in [6.07, 6.45) is 1.86. The Morgan fingerprint density at radius 1 is 1.36 bits per heavy atom. The second-order valence-electron chi connectivity index (χ2n) is 6.04. The molecule has 0 saturated carbocycles. The number of rotatable bonds is 4. The molecule has 1 heterocycles. The van der Waals surface area contributed by atoms with Crippen LogP contribution in [0.3, 0.4) is 0 Å². The topological polar surface area (TPSA) is 70.4 Å². The number of likely N-dealkylation sites (N-methyl/N-ethyl adjacent to an activating group) is 1. The summed E-state index contributed by atoms with van der Waals surface area (Å²) in [5, 5.41) is 16.9. The molecule has 0 fully saturated rings. The van der Waals surface area contributed by atoms with Crippen molar-refractivity contribution in [3.63, 3.8) is 0 Å². The number of para-hydroxylation sites is 1. The summed E-state index contributed by atoms with van der Waals surface area (Å²) < 4.78 is 1.72. The van der Waals surface area contributed by atoms with E-state index in [0.29, 0.717) is 5.82 Å². The second-order valence-corrected chi connectivity index (χ2v) is 6.04. The highest BCUT2D eigenvalue weighted by atomic mass is 16.3. The molecule has 0 radical (unpaired) electrons. The van der Waals surface area contributed by atoms with Crippen LogP contribution in [0, 0.1) is 6.92 Å². The maximum absolute atomic E-state index is 12.1. The summed E-state index contributed by atoms with van der Waals surface area (Å²) >= 11 is 0. The van der Waals surface area contributed by atoms with Crippen LogP contribution in [0.2, 0.25) is 0 Å². The molecule has 0 unspecified atom stereocenters. The van der Waals surface area contributed by atoms with Crippen LogP contribution in [0.5, 0.6) is 0 Å². The first-order valence-corrected chi connectivity index (χ1v) is 7.12. The summed E-state index contributed by atoms with van der Waals surface area (Å²) in [6.45, 7) is 5.44. The second kappa shape index (κ2) is 6.19. The number of benzene rings is 1. The van der Waals surface area contributed by atoms with Gasteiger partial charge in [0, 0.05) is 18.8 Å². The van der Waals surface area contributed by atoms with Crippen molar-refractivity contribution in [1.82, 2.24) is 14.7 Å². The summed E-state index contributed by atoms with van der Waals surface area (Å²) in [5.41, 5.74) is 0.856. The van der Waals surface area contributed by atoms with Crippen molar-refractivity contribution >= 4 is 11.8 Å². The van der Waals surface area contributed by atoms with E-state index >= 15 is 0 Å². The van der Waals surface area contributed by atoms with E-state index in [2.05, 4.69) is 10.4 Å². The summed E-state index contributed by atoms with van der Waals surface area (Å²) in [7, 11) is 1.64. The van der Waals surface area contributed by atoms with E-state index in [1.165, 1.54) is 4.90 Å². The highest BCUT2D eigenvalue weighted by Crippen LogP contribution is 2.16. The van der Waals surface area contributed by atoms with Gasteiger partial charge in [-0.05, 0) is 32.9 Å². The number of nitrogens with one attached hydrogen (secondary N) is 1. The lowest BCUT2D eigenvalue weighted by molar-refractivity contribution is 0.0550. The highest BCUT2D eigenvalue weighted by Gasteiger charge is 2.20. The van der Waals surface area contributed by atoms with Crippen LogP contribution in [-0.4, -0.2) is 45.0 Å². The number of aromatic nitrogens is 2. The Balaban J connectivity index is 2.11. The summed E-state index contributed by atoms with van der Waals surface area (Å²) in [5.74, 6) is 0.511. The highest BCUT2D eigenvalue weighted by molar-refractivity contribution is 5.88. The van der Waals surface area contributed by atoms with Crippen molar-refractivity contribution in [1.29, 1.82) is 0 Å². The van der Waals surface area contributed by atoms with Crippen molar-refractivity contribution in [3.05, 3.63) is 42.1 Å². The predicted molar refractivity (Wildman–Crippen MR) is 86.2 cm³/mol. The molecule has 1 aromatic carbocycles. The predicted octanol–water partition coefficient (Wildman–Crippen LogP) is 2.42. The number of aryl methyl sites for hydroxylation is 1. The largest absolute Gasteiger partial charge is 0.389 e. The van der Waals surface area contributed by atoms with Gasteiger partial charge in [-0.3, -0.25) is 5.32 Å². The van der Waals surface area contributed by atoms with Gasteiger partial charge < -0.3 is 10.0 Å². The van der Waals surface area contributed by atoms with Gasteiger partial charge in [-0.2, -0.15) is 0 Å². The minimum absolute atomic E-state index is 0.233. The van der Waals surface area contributed by atoms with Crippen molar-refractivity contribution < 1.29 is 9.90 Å². The zero-order valence-corrected chi connectivity index (χ0v) is 13.4. The third-order valence-electron chi connectivity index (χ3n) is 3.11. The number of aliphatic hydroxyl groups is 1. The van der Waals surface area contributed by atoms with Crippen molar-refractivity contribution in [2.24, 2.45) is 0 Å². The summed E-state index contributed by atoms with van der Waals surface area (Å²) in [6, 6.07) is 9.39. The van der Waals surface area contributed by atoms with E-state index in [1.807, 2.05) is 43.5 Å². The van der Waals surface area contributed by atoms with E-state index in [4.69, 9.17) is 0 Å². The molecule has 22 heavy (non-hydrogen) atoms. The van der Waals surface area contributed by atoms with Gasteiger partial charge in [-0.25, -0.2) is 9.48 Å². The van der Waals surface area contributed by atoms with Gasteiger partial charge in [0.2, 0.25) is 0 Å². The molecule has 6 nitrogen and oxygen atoms in total. The van der Waals surface area contributed by atoms with Gasteiger partial charge in [0.25, 0.3) is 0 Å². The van der Waals surface area contributed by atoms with Gasteiger partial charge >= 0.3 is 6.03 Å². The molecule has 6 heteroatoms. The Kier molecular flexibility index (Phi) is 4.51. The normalized spacial score (nSPS) is 11.3. The molecule has 0 aliphatic rings. The van der Waals surface area contributed by atoms with Gasteiger partial charge in [0.1, 0.15) is 0 Å². The van der Waals surface area contributed by atoms with Crippen LogP contribution >= 0.6 is 0 Å². The molecule has 118 valence electrons. The SMILES string of the molecule is Cc1cn(-c2ccccc2)nc1NC(=O)N(C)CC(C)(C)O. The van der Waals surface area contributed by atoms with E-state index in [0.717, 1.165) is 11.3 Å². The molecule has 2 N–H and O–H groups in total. The molecule has 2 amide bonds. The maximum Gasteiger partial charge on any atom is 0.322 e. The van der Waals surface area contributed by atoms with E-state index < -0.39 is 5.60 Å². The Bertz CT molecular complexity index is 644. The van der Waals surface area contributed by atoms with Crippen LogP contribution in [0.4, 0.5) is 10.6 Å². The Morgan fingerprint density at radius 2 is 2.00 bits per heavy atom. The number of nitrogens with zero attached hydrogens (tertiary/aromatic N) is 3. The number of carbonyl (C=O) groups is 1. The average Bonchev–Trinajstić information content (AvgIpc) is 2.79. The number of amides is 2. The average molecular weight is 302 g/mol. The van der Waals surface area contributed by atoms with Crippen LogP contribution < -0.4 is 5.32 Å². The summed E-state index contributed by atoms with van der Waals surface area (Å²) in [4.78, 5) is 13.6. The smallest absolute Gasteiger partial charge is 0.322 e. The van der Waals surface area contributed by atoms with Crippen LogP contribution in [0.1, 0.15) is 19.4 Å². The first-order chi connectivity index (χ1) is 10.3. The minimum atomic E-state index is -0.940. The van der Waals surface area contributed by atoms with Gasteiger partial charge in [-0.1, -0.05) is 18.2 Å². The fraction of sp³-hybridized carbons (Fsp3) is 0.375. The zero-order chi connectivity index (χ0) is 16.3. The Morgan fingerprint density at radius 3 is 2.59 bits per heavy atom. The maximum atomic E-state index is 12.1. The molecule has 0 bridgehead atoms. The third kappa shape index (κ3) is 4.08. The quantitative estimate of drug-likeness (QED) is 0.911. The van der Waals surface area contributed by atoms with Gasteiger partial charge in [0.05, 0.1) is 17.8 Å². The molecule has 0 spiro atoms. The molecule has 0 saturated heterocycles. The fourth-order valence-electron chi connectivity index (χ4n) is 2.15. The van der Waals surface area contributed by atoms with Crippen molar-refractivity contribution in [2.75, 3.05) is 18.9 Å². The monoisotopic (exact) mass is 302 g/mol. The molecule has 2 rings (SSSR count). The van der Waals surface area contributed by atoms with E-state index in [9.17, 15) is 9.90 Å². The van der Waals surface area contributed by atoms with Crippen LogP contribution in [-0.2, 0) is 0 Å². The third-order valence-corrected chi connectivity index (χ3v) is 3.11. The molecule has 0 atom stereocenters. The first kappa shape index (κ1) is 16.0. The number of hydrogen-bond acceptors (Lipinski definition) is 3. The molecular formula is C16H22N4O2. The number of carbonyl (C=O) groups excluding carboxylic acids is 1. The minimum Gasteiger partial charge on any atom is -0.389 e. The van der Waals surface area contributed by atoms with Crippen LogP contribution in [0.25, 0.3) is 5.69 Å². The number of urea groups is 1. The van der Waals surface area contributed by atoms with E-state index in [1.54, 1.807) is 25.6 Å². The lowest BCUT2D eigenvalue weighted by Gasteiger charge is -2.25. The molecule has 0 aliphatic heterocycles. The molecule has 2 aromatic rings. The molecule has 1 aromatic heterocycles. The van der Waals surface area contributed by atoms with Crippen molar-refractivity contribution in [2.45, 2.75) is 26.4 Å². The standard InChI is InChI=1S/C16H22N4O2/c1-12-10-20(13-8-6-5-7-9-13)18-14(12)17-15(21)19(4)11-16(2,3)22/h5-10,22H,11H2,1-4H3,(H,17,18,21). The molecule has 0 aliphatic carbocycles.